The first-order chi connectivity index (χ1) is 8.45. The number of amides is 1. The first-order valence-electron chi connectivity index (χ1n) is 5.76. The van der Waals surface area contributed by atoms with Crippen molar-refractivity contribution in [1.82, 2.24) is 10.2 Å². The minimum absolute atomic E-state index is 0.0923. The van der Waals surface area contributed by atoms with E-state index in [0.29, 0.717) is 10.8 Å². The molecule has 4 nitrogen and oxygen atoms in total. The Morgan fingerprint density at radius 3 is 2.67 bits per heavy atom. The van der Waals surface area contributed by atoms with Gasteiger partial charge in [0.2, 0.25) is 0 Å². The molecule has 0 aromatic heterocycles. The Kier molecular flexibility index (Phi) is 5.44. The lowest BCUT2D eigenvalue weighted by Gasteiger charge is -2.19. The molecule has 100 valence electrons. The molecule has 1 amide bonds. The van der Waals surface area contributed by atoms with Gasteiger partial charge in [-0.15, -0.1) is 0 Å². The van der Waals surface area contributed by atoms with Gasteiger partial charge >= 0.3 is 0 Å². The molecule has 0 radical (unpaired) electrons. The van der Waals surface area contributed by atoms with E-state index in [4.69, 9.17) is 16.3 Å². The van der Waals surface area contributed by atoms with Crippen molar-refractivity contribution >= 4 is 17.5 Å². The highest BCUT2D eigenvalue weighted by atomic mass is 35.5. The summed E-state index contributed by atoms with van der Waals surface area (Å²) in [5, 5.41) is 3.56. The molecule has 18 heavy (non-hydrogen) atoms. The number of ether oxygens (including phenoxy) is 1. The lowest BCUT2D eigenvalue weighted by Crippen LogP contribution is -2.35. The van der Waals surface area contributed by atoms with Crippen LogP contribution in [0.1, 0.15) is 12.5 Å². The number of likely N-dealkylation sites (N-methyl/N-ethyl adjacent to an activating group) is 1. The molecular weight excluding hydrogens is 252 g/mol. The van der Waals surface area contributed by atoms with Crippen molar-refractivity contribution in [3.63, 3.8) is 0 Å². The maximum absolute atomic E-state index is 11.7. The zero-order valence-corrected chi connectivity index (χ0v) is 11.9. The molecule has 1 N–H and O–H groups in total. The predicted molar refractivity (Wildman–Crippen MR) is 73.0 cm³/mol. The summed E-state index contributed by atoms with van der Waals surface area (Å²) in [5.74, 6) is 0.435. The third-order valence-corrected chi connectivity index (χ3v) is 2.76. The molecule has 0 saturated carbocycles. The van der Waals surface area contributed by atoms with Crippen LogP contribution in [0.25, 0.3) is 0 Å². The Morgan fingerprint density at radius 1 is 1.50 bits per heavy atom. The van der Waals surface area contributed by atoms with Crippen LogP contribution in [0.4, 0.5) is 0 Å². The van der Waals surface area contributed by atoms with E-state index in [1.54, 1.807) is 27.1 Å². The van der Waals surface area contributed by atoms with Gasteiger partial charge in [-0.1, -0.05) is 17.7 Å². The molecule has 0 saturated heterocycles. The molecule has 0 spiro atoms. The van der Waals surface area contributed by atoms with E-state index in [0.717, 1.165) is 12.1 Å². The summed E-state index contributed by atoms with van der Waals surface area (Å²) in [6.45, 7) is 2.45. The van der Waals surface area contributed by atoms with Crippen LogP contribution in [0.5, 0.6) is 5.75 Å². The molecule has 0 aliphatic rings. The maximum Gasteiger partial charge on any atom is 0.262 e. The third-order valence-electron chi connectivity index (χ3n) is 2.47. The normalized spacial score (nSPS) is 12.1. The molecule has 1 unspecified atom stereocenters. The summed E-state index contributed by atoms with van der Waals surface area (Å²) in [6, 6.07) is 5.54. The van der Waals surface area contributed by atoms with E-state index in [1.807, 2.05) is 19.2 Å². The van der Waals surface area contributed by atoms with E-state index < -0.39 is 6.10 Å². The monoisotopic (exact) mass is 270 g/mol. The summed E-state index contributed by atoms with van der Waals surface area (Å²) in [5.41, 5.74) is 1.07. The second kappa shape index (κ2) is 6.61. The highest BCUT2D eigenvalue weighted by Gasteiger charge is 2.17. The Morgan fingerprint density at radius 2 is 2.17 bits per heavy atom. The summed E-state index contributed by atoms with van der Waals surface area (Å²) < 4.78 is 5.56. The van der Waals surface area contributed by atoms with Crippen LogP contribution in [0, 0.1) is 0 Å². The average molecular weight is 271 g/mol. The lowest BCUT2D eigenvalue weighted by atomic mass is 10.2. The number of nitrogens with zero attached hydrogens (tertiary/aromatic N) is 1. The van der Waals surface area contributed by atoms with Crippen molar-refractivity contribution in [3.8, 4) is 5.75 Å². The number of rotatable bonds is 5. The minimum Gasteiger partial charge on any atom is -0.479 e. The highest BCUT2D eigenvalue weighted by Crippen LogP contribution is 2.26. The van der Waals surface area contributed by atoms with E-state index >= 15 is 0 Å². The van der Waals surface area contributed by atoms with Crippen molar-refractivity contribution in [2.24, 2.45) is 0 Å². The van der Waals surface area contributed by atoms with Crippen LogP contribution in [0.2, 0.25) is 5.02 Å². The molecule has 5 heteroatoms. The number of halogens is 1. The van der Waals surface area contributed by atoms with Gasteiger partial charge in [0.15, 0.2) is 6.10 Å². The van der Waals surface area contributed by atoms with Crippen LogP contribution < -0.4 is 10.1 Å². The maximum atomic E-state index is 11.7. The van der Waals surface area contributed by atoms with Gasteiger partial charge in [0.25, 0.3) is 5.91 Å². The fourth-order valence-electron chi connectivity index (χ4n) is 1.56. The summed E-state index contributed by atoms with van der Waals surface area (Å²) in [7, 11) is 5.26. The first-order valence-corrected chi connectivity index (χ1v) is 6.14. The van der Waals surface area contributed by atoms with Crippen LogP contribution in [0.15, 0.2) is 18.2 Å². The second-order valence-electron chi connectivity index (χ2n) is 4.29. The largest absolute Gasteiger partial charge is 0.479 e. The standard InChI is InChI=1S/C13H19ClN2O2/c1-9(13(17)16(3)4)18-12-6-5-10(8-15-2)7-11(12)14/h5-7,9,15H,8H2,1-4H3. The number of hydrogen-bond donors (Lipinski definition) is 1. The fraction of sp³-hybridized carbons (Fsp3) is 0.462. The molecule has 0 heterocycles. The molecule has 1 atom stereocenters. The Labute approximate surface area is 113 Å². The molecule has 1 aromatic carbocycles. The molecule has 0 bridgehead atoms. The number of benzene rings is 1. The van der Waals surface area contributed by atoms with Gasteiger partial charge in [-0.3, -0.25) is 4.79 Å². The Balaban J connectivity index is 2.76. The fourth-order valence-corrected chi connectivity index (χ4v) is 1.81. The van der Waals surface area contributed by atoms with Crippen molar-refractivity contribution < 1.29 is 9.53 Å². The zero-order chi connectivity index (χ0) is 13.7. The van der Waals surface area contributed by atoms with E-state index in [-0.39, 0.29) is 5.91 Å². The van der Waals surface area contributed by atoms with Crippen molar-refractivity contribution in [1.29, 1.82) is 0 Å². The number of carbonyl (C=O) groups is 1. The van der Waals surface area contributed by atoms with Crippen LogP contribution in [-0.4, -0.2) is 38.1 Å². The highest BCUT2D eigenvalue weighted by molar-refractivity contribution is 6.32. The lowest BCUT2D eigenvalue weighted by molar-refractivity contribution is -0.135. The summed E-state index contributed by atoms with van der Waals surface area (Å²) >= 11 is 6.12. The third kappa shape index (κ3) is 3.89. The molecule has 0 aliphatic carbocycles. The molecule has 0 fully saturated rings. The van der Waals surface area contributed by atoms with E-state index in [9.17, 15) is 4.79 Å². The van der Waals surface area contributed by atoms with Crippen molar-refractivity contribution in [3.05, 3.63) is 28.8 Å². The van der Waals surface area contributed by atoms with Gasteiger partial charge in [-0.2, -0.15) is 0 Å². The van der Waals surface area contributed by atoms with Gasteiger partial charge in [0.05, 0.1) is 5.02 Å². The summed E-state index contributed by atoms with van der Waals surface area (Å²) in [6.07, 6.45) is -0.548. The number of hydrogen-bond acceptors (Lipinski definition) is 3. The van der Waals surface area contributed by atoms with Gasteiger partial charge < -0.3 is 15.0 Å². The van der Waals surface area contributed by atoms with Gasteiger partial charge in [0.1, 0.15) is 5.75 Å². The Hall–Kier alpha value is -1.26. The summed E-state index contributed by atoms with van der Waals surface area (Å²) in [4.78, 5) is 13.2. The topological polar surface area (TPSA) is 41.6 Å². The first kappa shape index (κ1) is 14.8. The predicted octanol–water partition coefficient (Wildman–Crippen LogP) is 1.91. The second-order valence-corrected chi connectivity index (χ2v) is 4.70. The Bertz CT molecular complexity index is 421. The minimum atomic E-state index is -0.548. The van der Waals surface area contributed by atoms with Gasteiger partial charge in [-0.05, 0) is 31.7 Å². The SMILES string of the molecule is CNCc1ccc(OC(C)C(=O)N(C)C)c(Cl)c1. The molecule has 0 aliphatic heterocycles. The van der Waals surface area contributed by atoms with E-state index in [1.165, 1.54) is 4.90 Å². The van der Waals surface area contributed by atoms with Crippen LogP contribution in [-0.2, 0) is 11.3 Å². The number of nitrogens with one attached hydrogen (secondary N) is 1. The number of carbonyl (C=O) groups excluding carboxylic acids is 1. The smallest absolute Gasteiger partial charge is 0.262 e. The van der Waals surface area contributed by atoms with Crippen molar-refractivity contribution in [2.45, 2.75) is 19.6 Å². The molecular formula is C13H19ClN2O2. The quantitative estimate of drug-likeness (QED) is 0.889. The van der Waals surface area contributed by atoms with Gasteiger partial charge in [-0.25, -0.2) is 0 Å². The van der Waals surface area contributed by atoms with Crippen LogP contribution in [0.3, 0.4) is 0 Å². The van der Waals surface area contributed by atoms with Crippen LogP contribution >= 0.6 is 11.6 Å². The average Bonchev–Trinajstić information content (AvgIpc) is 2.31. The zero-order valence-electron chi connectivity index (χ0n) is 11.2. The molecule has 1 aromatic rings. The van der Waals surface area contributed by atoms with E-state index in [2.05, 4.69) is 5.32 Å². The van der Waals surface area contributed by atoms with Gasteiger partial charge in [0, 0.05) is 20.6 Å². The molecule has 1 rings (SSSR count). The van der Waals surface area contributed by atoms with Crippen molar-refractivity contribution in [2.75, 3.05) is 21.1 Å².